The van der Waals surface area contributed by atoms with E-state index in [9.17, 15) is 0 Å². The lowest BCUT2D eigenvalue weighted by Gasteiger charge is -2.30. The van der Waals surface area contributed by atoms with Gasteiger partial charge in [-0.3, -0.25) is 9.20 Å². The van der Waals surface area contributed by atoms with Crippen LogP contribution in [0.1, 0.15) is 28.7 Å². The third kappa shape index (κ3) is 3.84. The average Bonchev–Trinajstić information content (AvgIpc) is 3.94. The molecule has 3 heterocycles. The van der Waals surface area contributed by atoms with Crippen molar-refractivity contribution in [2.75, 3.05) is 0 Å². The third-order valence-corrected chi connectivity index (χ3v) is 13.9. The number of hydrogen-bond donors (Lipinski definition) is 0. The number of benzene rings is 8. The van der Waals surface area contributed by atoms with Crippen LogP contribution in [0.4, 0.5) is 0 Å². The summed E-state index contributed by atoms with van der Waals surface area (Å²) in [7, 11) is 0. The van der Waals surface area contributed by atoms with Crippen LogP contribution < -0.4 is 16.0 Å². The summed E-state index contributed by atoms with van der Waals surface area (Å²) in [6.07, 6.45) is 9.22. The predicted molar refractivity (Wildman–Crippen MR) is 248 cm³/mol. The number of pyridine rings is 1. The summed E-state index contributed by atoms with van der Waals surface area (Å²) in [5, 5.41) is 7.55. The molecule has 0 atom stereocenters. The van der Waals surface area contributed by atoms with Crippen LogP contribution in [-0.2, 0) is 5.41 Å². The first kappa shape index (κ1) is 32.2. The molecule has 3 aliphatic carbocycles. The zero-order valence-electron chi connectivity index (χ0n) is 32.5. The van der Waals surface area contributed by atoms with Gasteiger partial charge in [-0.2, -0.15) is 0 Å². The van der Waals surface area contributed by atoms with Gasteiger partial charge in [-0.15, -0.1) is 0 Å². The fraction of sp³-hybridized carbons (Fsp3) is 0.0351. The molecule has 278 valence electrons. The van der Waals surface area contributed by atoms with E-state index in [0.29, 0.717) is 6.42 Å². The minimum Gasteiger partial charge on any atom is -0.309 e. The van der Waals surface area contributed by atoms with Gasteiger partial charge in [0.15, 0.2) is 0 Å². The topological polar surface area (TPSA) is 26.4 Å². The molecule has 11 aromatic rings. The van der Waals surface area contributed by atoms with Crippen molar-refractivity contribution in [1.29, 1.82) is 0 Å². The van der Waals surface area contributed by atoms with E-state index < -0.39 is 5.41 Å². The smallest absolute Gasteiger partial charge is 0.263 e. The summed E-state index contributed by atoms with van der Waals surface area (Å²) in [6.45, 7) is 0. The normalized spacial score (nSPS) is 14.3. The lowest BCUT2D eigenvalue weighted by molar-refractivity contribution is 0.794. The molecule has 0 amide bonds. The maximum absolute atomic E-state index is 15.2. The molecule has 3 aliphatic rings. The third-order valence-electron chi connectivity index (χ3n) is 13.9. The molecule has 0 unspecified atom stereocenters. The highest BCUT2D eigenvalue weighted by atomic mass is 16.1. The van der Waals surface area contributed by atoms with Crippen LogP contribution in [0.3, 0.4) is 0 Å². The van der Waals surface area contributed by atoms with E-state index in [-0.39, 0.29) is 5.56 Å². The van der Waals surface area contributed by atoms with E-state index in [4.69, 9.17) is 0 Å². The van der Waals surface area contributed by atoms with Crippen LogP contribution in [0.15, 0.2) is 187 Å². The Balaban J connectivity index is 1.07. The van der Waals surface area contributed by atoms with Crippen molar-refractivity contribution in [2.45, 2.75) is 11.8 Å². The number of allylic oxidation sites excluding steroid dienone is 2. The Bertz CT molecular complexity index is 3840. The van der Waals surface area contributed by atoms with Crippen molar-refractivity contribution in [1.82, 2.24) is 8.97 Å². The SMILES string of the molecule is O=c1c2c(c3cc(-c4ccc(-n5c6ccccc6c6ccccc65)cc4)cc4c5ccc6c(c5n1c34)-c1ccccc1C61c3ccccc3-c3ccccc31)=CC=CCC=2. The number of aromatic nitrogens is 2. The fourth-order valence-corrected chi connectivity index (χ4v) is 11.6. The van der Waals surface area contributed by atoms with E-state index in [0.717, 1.165) is 60.0 Å². The predicted octanol–water partition coefficient (Wildman–Crippen LogP) is 11.7. The zero-order valence-corrected chi connectivity index (χ0v) is 32.5. The molecule has 3 heteroatoms. The van der Waals surface area contributed by atoms with Gasteiger partial charge in [0, 0.05) is 43.4 Å². The van der Waals surface area contributed by atoms with Crippen LogP contribution in [0.5, 0.6) is 0 Å². The quantitative estimate of drug-likeness (QED) is 0.172. The van der Waals surface area contributed by atoms with E-state index in [1.165, 1.54) is 60.8 Å². The van der Waals surface area contributed by atoms with Crippen molar-refractivity contribution < 1.29 is 0 Å². The first-order valence-electron chi connectivity index (χ1n) is 20.9. The van der Waals surface area contributed by atoms with Crippen molar-refractivity contribution in [3.63, 3.8) is 0 Å². The minimum absolute atomic E-state index is 0.0415. The first-order valence-corrected chi connectivity index (χ1v) is 20.9. The number of nitrogens with zero attached hydrogens (tertiary/aromatic N) is 2. The molecule has 0 bridgehead atoms. The number of fused-ring (bicyclic) bond motifs is 19. The Hall–Kier alpha value is -7.75. The minimum atomic E-state index is -0.496. The highest BCUT2D eigenvalue weighted by molar-refractivity contribution is 6.20. The monoisotopic (exact) mass is 762 g/mol. The summed E-state index contributed by atoms with van der Waals surface area (Å²) in [5.74, 6) is 0. The van der Waals surface area contributed by atoms with Gasteiger partial charge in [0.2, 0.25) is 0 Å². The average molecular weight is 763 g/mol. The molecule has 60 heavy (non-hydrogen) atoms. The fourth-order valence-electron chi connectivity index (χ4n) is 11.6. The van der Waals surface area contributed by atoms with E-state index in [1.54, 1.807) is 0 Å². The largest absolute Gasteiger partial charge is 0.309 e. The molecule has 0 saturated carbocycles. The van der Waals surface area contributed by atoms with Gasteiger partial charge in [-0.1, -0.05) is 158 Å². The standard InChI is InChI=1S/C57H34N2O/c60-56-43-19-3-1-2-14-37(43)45-32-35(34-26-28-36(29-27-34)58-51-24-12-7-17-40(51)41-18-8-13-25-52(41)58)33-46-42-30-31-50-53(55(42)59(56)54(45)46)44-20-6-11-23-49(44)57(50)47-21-9-4-15-38(47)39-16-5-10-22-48(39)57/h1-2,4-33H,3H2. The van der Waals surface area contributed by atoms with Crippen molar-refractivity contribution in [3.8, 4) is 39.1 Å². The van der Waals surface area contributed by atoms with Crippen LogP contribution in [0.25, 0.3) is 100 Å². The van der Waals surface area contributed by atoms with E-state index in [1.807, 2.05) is 0 Å². The van der Waals surface area contributed by atoms with Crippen LogP contribution in [0, 0.1) is 0 Å². The second-order valence-corrected chi connectivity index (χ2v) is 16.6. The summed E-state index contributed by atoms with van der Waals surface area (Å²) in [4.78, 5) is 15.2. The van der Waals surface area contributed by atoms with Gasteiger partial charge in [0.25, 0.3) is 5.56 Å². The second-order valence-electron chi connectivity index (χ2n) is 16.6. The van der Waals surface area contributed by atoms with Gasteiger partial charge >= 0.3 is 0 Å². The molecular weight excluding hydrogens is 729 g/mol. The number of para-hydroxylation sites is 2. The van der Waals surface area contributed by atoms with Crippen LogP contribution >= 0.6 is 0 Å². The number of rotatable bonds is 2. The van der Waals surface area contributed by atoms with Crippen molar-refractivity contribution in [3.05, 3.63) is 225 Å². The summed E-state index contributed by atoms with van der Waals surface area (Å²) in [5.41, 5.74) is 17.3. The summed E-state index contributed by atoms with van der Waals surface area (Å²) >= 11 is 0. The van der Waals surface area contributed by atoms with Gasteiger partial charge in [-0.25, -0.2) is 0 Å². The molecule has 8 aromatic carbocycles. The molecule has 0 radical (unpaired) electrons. The van der Waals surface area contributed by atoms with Gasteiger partial charge in [0.05, 0.1) is 27.5 Å². The molecule has 3 nitrogen and oxygen atoms in total. The lowest BCUT2D eigenvalue weighted by atomic mass is 9.70. The second kappa shape index (κ2) is 11.5. The molecule has 0 aliphatic heterocycles. The number of hydrogen-bond acceptors (Lipinski definition) is 1. The van der Waals surface area contributed by atoms with Gasteiger partial charge in [0.1, 0.15) is 0 Å². The van der Waals surface area contributed by atoms with Gasteiger partial charge in [-0.05, 0) is 98.1 Å². The van der Waals surface area contributed by atoms with Gasteiger partial charge < -0.3 is 4.57 Å². The van der Waals surface area contributed by atoms with Crippen LogP contribution in [-0.4, -0.2) is 8.97 Å². The Morgan fingerprint density at radius 2 is 1.07 bits per heavy atom. The lowest BCUT2D eigenvalue weighted by Crippen LogP contribution is -2.42. The Morgan fingerprint density at radius 1 is 0.467 bits per heavy atom. The van der Waals surface area contributed by atoms with Crippen molar-refractivity contribution in [2.24, 2.45) is 0 Å². The molecule has 0 N–H and O–H groups in total. The Morgan fingerprint density at radius 3 is 1.77 bits per heavy atom. The van der Waals surface area contributed by atoms with E-state index >= 15 is 4.79 Å². The van der Waals surface area contributed by atoms with Crippen molar-refractivity contribution >= 4 is 61.1 Å². The molecular formula is C57H34N2O. The summed E-state index contributed by atoms with van der Waals surface area (Å²) < 4.78 is 4.44. The maximum Gasteiger partial charge on any atom is 0.263 e. The Labute approximate surface area is 344 Å². The molecule has 0 saturated heterocycles. The van der Waals surface area contributed by atoms with E-state index in [2.05, 4.69) is 203 Å². The molecule has 3 aromatic heterocycles. The highest BCUT2D eigenvalue weighted by Crippen LogP contribution is 2.64. The first-order chi connectivity index (χ1) is 29.7. The van der Waals surface area contributed by atoms with Crippen LogP contribution in [0.2, 0.25) is 0 Å². The Kier molecular flexibility index (Phi) is 6.16. The zero-order chi connectivity index (χ0) is 39.3. The molecule has 1 spiro atoms. The molecule has 0 fully saturated rings. The molecule has 14 rings (SSSR count). The maximum atomic E-state index is 15.2. The summed E-state index contributed by atoms with van der Waals surface area (Å²) in [6, 6.07) is 62.4. The highest BCUT2D eigenvalue weighted by Gasteiger charge is 2.52.